The van der Waals surface area contributed by atoms with Gasteiger partial charge in [0.1, 0.15) is 5.82 Å². The van der Waals surface area contributed by atoms with E-state index in [9.17, 15) is 18.5 Å². The number of nitriles is 1. The van der Waals surface area contributed by atoms with Crippen molar-refractivity contribution in [3.05, 3.63) is 58.5 Å². The fraction of sp³-hybridized carbons (Fsp3) is 0.375. The minimum Gasteiger partial charge on any atom is -0.334 e. The molecule has 180 valence electrons. The number of aromatic nitrogens is 2. The molecule has 34 heavy (non-hydrogen) atoms. The lowest BCUT2D eigenvalue weighted by Crippen LogP contribution is -2.19. The number of amides is 1. The minimum absolute atomic E-state index is 0.108. The summed E-state index contributed by atoms with van der Waals surface area (Å²) in [5, 5.41) is 9.84. The highest BCUT2D eigenvalue weighted by Gasteiger charge is 2.27. The molecule has 0 fully saturated rings. The highest BCUT2D eigenvalue weighted by Crippen LogP contribution is 2.38. The zero-order valence-electron chi connectivity index (χ0n) is 19.8. The van der Waals surface area contributed by atoms with E-state index in [4.69, 9.17) is 5.73 Å². The van der Waals surface area contributed by atoms with Gasteiger partial charge in [0.15, 0.2) is 4.21 Å². The van der Waals surface area contributed by atoms with Crippen LogP contribution in [0.1, 0.15) is 56.4 Å². The average Bonchev–Trinajstić information content (AvgIpc) is 3.34. The zero-order valence-corrected chi connectivity index (χ0v) is 21.5. The summed E-state index contributed by atoms with van der Waals surface area (Å²) in [7, 11) is -4.40. The van der Waals surface area contributed by atoms with Gasteiger partial charge in [-0.1, -0.05) is 46.8 Å². The SMILES string of the molecule is CC(C)Cc1cc(-c2ccc(Cn3ccnc3C(C)(C)C)c(C#N)c2)c(S(=O)(=O)OC(N)=O)s1. The number of rotatable bonds is 7. The van der Waals surface area contributed by atoms with Gasteiger partial charge >= 0.3 is 16.2 Å². The number of imidazole rings is 1. The molecule has 0 saturated carbocycles. The van der Waals surface area contributed by atoms with E-state index in [1.165, 1.54) is 0 Å². The highest BCUT2D eigenvalue weighted by atomic mass is 32.3. The first-order chi connectivity index (χ1) is 15.8. The third-order valence-corrected chi connectivity index (χ3v) is 7.92. The molecule has 2 N–H and O–H groups in total. The second kappa shape index (κ2) is 9.60. The molecule has 0 saturated heterocycles. The molecule has 0 aliphatic rings. The van der Waals surface area contributed by atoms with Crippen molar-refractivity contribution in [2.24, 2.45) is 11.7 Å². The Balaban J connectivity index is 2.07. The Morgan fingerprint density at radius 1 is 1.29 bits per heavy atom. The van der Waals surface area contributed by atoms with Gasteiger partial charge in [-0.25, -0.2) is 9.78 Å². The van der Waals surface area contributed by atoms with Crippen LogP contribution < -0.4 is 5.73 Å². The molecule has 0 radical (unpaired) electrons. The quantitative estimate of drug-likeness (QED) is 0.464. The van der Waals surface area contributed by atoms with Crippen LogP contribution in [0.15, 0.2) is 40.9 Å². The smallest absolute Gasteiger partial charge is 0.334 e. The Morgan fingerprint density at radius 2 is 2.00 bits per heavy atom. The van der Waals surface area contributed by atoms with E-state index in [2.05, 4.69) is 36.0 Å². The minimum atomic E-state index is -4.40. The molecule has 0 aliphatic heterocycles. The number of nitrogens with zero attached hydrogens (tertiary/aromatic N) is 3. The first kappa shape index (κ1) is 25.5. The number of hydrogen-bond donors (Lipinski definition) is 1. The maximum Gasteiger partial charge on any atom is 0.420 e. The Labute approximate surface area is 204 Å². The van der Waals surface area contributed by atoms with E-state index in [-0.39, 0.29) is 9.62 Å². The third kappa shape index (κ3) is 5.66. The van der Waals surface area contributed by atoms with Crippen molar-refractivity contribution in [3.63, 3.8) is 0 Å². The monoisotopic (exact) mass is 500 g/mol. The first-order valence-electron chi connectivity index (χ1n) is 10.7. The van der Waals surface area contributed by atoms with Gasteiger partial charge in [0.2, 0.25) is 0 Å². The van der Waals surface area contributed by atoms with Crippen LogP contribution in [0, 0.1) is 17.2 Å². The van der Waals surface area contributed by atoms with E-state index < -0.39 is 16.2 Å². The van der Waals surface area contributed by atoms with E-state index in [1.54, 1.807) is 24.4 Å². The standard InChI is InChI=1S/C24H28N4O4S2/c1-15(2)10-19-12-20(21(33-19)34(30,31)32-23(26)29)16-6-7-17(18(11-16)13-25)14-28-9-8-27-22(28)24(3,4)5/h6-9,11-12,15H,10,14H2,1-5H3,(H2,26,29). The second-order valence-corrected chi connectivity index (χ2v) is 12.4. The number of nitrogens with two attached hydrogens (primary N) is 1. The van der Waals surface area contributed by atoms with Crippen LogP contribution in [0.3, 0.4) is 0 Å². The van der Waals surface area contributed by atoms with Crippen molar-refractivity contribution < 1.29 is 17.4 Å². The van der Waals surface area contributed by atoms with Crippen LogP contribution in [-0.4, -0.2) is 24.1 Å². The number of benzene rings is 1. The van der Waals surface area contributed by atoms with Gasteiger partial charge in [-0.3, -0.25) is 0 Å². The molecule has 2 heterocycles. The maximum absolute atomic E-state index is 12.7. The molecule has 0 spiro atoms. The first-order valence-corrected chi connectivity index (χ1v) is 13.0. The summed E-state index contributed by atoms with van der Waals surface area (Å²) in [6.07, 6.45) is 2.87. The van der Waals surface area contributed by atoms with Crippen LogP contribution in [0.4, 0.5) is 4.79 Å². The normalized spacial score (nSPS) is 12.0. The Bertz CT molecular complexity index is 1360. The van der Waals surface area contributed by atoms with E-state index in [0.29, 0.717) is 35.6 Å². The van der Waals surface area contributed by atoms with Crippen LogP contribution in [0.5, 0.6) is 0 Å². The molecule has 1 aromatic carbocycles. The van der Waals surface area contributed by atoms with Gasteiger partial charge in [0.05, 0.1) is 18.2 Å². The summed E-state index contributed by atoms with van der Waals surface area (Å²) < 4.78 is 31.8. The van der Waals surface area contributed by atoms with E-state index in [1.807, 2.05) is 30.7 Å². The summed E-state index contributed by atoms with van der Waals surface area (Å²) in [4.78, 5) is 16.5. The van der Waals surface area contributed by atoms with Crippen molar-refractivity contribution in [1.82, 2.24) is 9.55 Å². The fourth-order valence-electron chi connectivity index (χ4n) is 3.71. The molecular formula is C24H28N4O4S2. The zero-order chi connectivity index (χ0) is 25.3. The van der Waals surface area contributed by atoms with Crippen molar-refractivity contribution in [2.75, 3.05) is 0 Å². The largest absolute Gasteiger partial charge is 0.420 e. The average molecular weight is 501 g/mol. The molecule has 3 aromatic rings. The second-order valence-electron chi connectivity index (χ2n) is 9.48. The lowest BCUT2D eigenvalue weighted by molar-refractivity contribution is 0.213. The van der Waals surface area contributed by atoms with Gasteiger partial charge in [-0.15, -0.1) is 11.3 Å². The van der Waals surface area contributed by atoms with Crippen LogP contribution >= 0.6 is 11.3 Å². The van der Waals surface area contributed by atoms with Crippen molar-refractivity contribution in [2.45, 2.75) is 57.2 Å². The van der Waals surface area contributed by atoms with Gasteiger partial charge in [-0.2, -0.15) is 13.7 Å². The van der Waals surface area contributed by atoms with Gasteiger partial charge in [0, 0.05) is 28.2 Å². The summed E-state index contributed by atoms with van der Waals surface area (Å²) in [5.74, 6) is 1.19. The van der Waals surface area contributed by atoms with Crippen molar-refractivity contribution >= 4 is 27.5 Å². The number of thiophene rings is 1. The molecule has 2 aromatic heterocycles. The van der Waals surface area contributed by atoms with Gasteiger partial charge < -0.3 is 14.5 Å². The molecule has 10 heteroatoms. The summed E-state index contributed by atoms with van der Waals surface area (Å²) in [6.45, 7) is 10.7. The summed E-state index contributed by atoms with van der Waals surface area (Å²) >= 11 is 1.04. The number of primary amides is 1. The number of carbonyl (C=O) groups excluding carboxylic acids is 1. The predicted octanol–water partition coefficient (Wildman–Crippen LogP) is 4.81. The van der Waals surface area contributed by atoms with E-state index in [0.717, 1.165) is 27.6 Å². The van der Waals surface area contributed by atoms with Crippen molar-refractivity contribution in [1.29, 1.82) is 5.26 Å². The summed E-state index contributed by atoms with van der Waals surface area (Å²) in [6, 6.07) is 9.23. The lowest BCUT2D eigenvalue weighted by atomic mass is 9.95. The summed E-state index contributed by atoms with van der Waals surface area (Å²) in [5.41, 5.74) is 6.94. The predicted molar refractivity (Wildman–Crippen MR) is 131 cm³/mol. The Hall–Kier alpha value is -3.16. The Morgan fingerprint density at radius 3 is 2.59 bits per heavy atom. The van der Waals surface area contributed by atoms with E-state index >= 15 is 0 Å². The molecule has 0 aliphatic carbocycles. The molecule has 0 atom stereocenters. The maximum atomic E-state index is 12.7. The van der Waals surface area contributed by atoms with Gasteiger partial charge in [0.25, 0.3) is 0 Å². The highest BCUT2D eigenvalue weighted by molar-refractivity contribution is 7.89. The lowest BCUT2D eigenvalue weighted by Gasteiger charge is -2.20. The Kier molecular flexibility index (Phi) is 7.19. The van der Waals surface area contributed by atoms with Crippen LogP contribution in [-0.2, 0) is 32.7 Å². The third-order valence-electron chi connectivity index (χ3n) is 5.05. The molecular weight excluding hydrogens is 472 g/mol. The number of carbonyl (C=O) groups is 1. The molecule has 0 unspecified atom stereocenters. The molecule has 1 amide bonds. The van der Waals surface area contributed by atoms with Gasteiger partial charge in [-0.05, 0) is 35.6 Å². The molecule has 8 nitrogen and oxygen atoms in total. The number of hydrogen-bond acceptors (Lipinski definition) is 7. The fourth-order valence-corrected chi connectivity index (χ4v) is 6.40. The van der Waals surface area contributed by atoms with Crippen LogP contribution in [0.25, 0.3) is 11.1 Å². The van der Waals surface area contributed by atoms with Crippen LogP contribution in [0.2, 0.25) is 0 Å². The molecule has 0 bridgehead atoms. The van der Waals surface area contributed by atoms with Crippen molar-refractivity contribution in [3.8, 4) is 17.2 Å². The molecule has 3 rings (SSSR count). The topological polar surface area (TPSA) is 128 Å².